The van der Waals surface area contributed by atoms with Crippen LogP contribution in [0.25, 0.3) is 0 Å². The summed E-state index contributed by atoms with van der Waals surface area (Å²) in [6.45, 7) is 4.63. The fraction of sp³-hybridized carbons (Fsp3) is 0.583. The minimum Gasteiger partial charge on any atom is -0.481 e. The van der Waals surface area contributed by atoms with Crippen molar-refractivity contribution < 1.29 is 14.7 Å². The maximum atomic E-state index is 11.7. The summed E-state index contributed by atoms with van der Waals surface area (Å²) in [5.41, 5.74) is 0. The van der Waals surface area contributed by atoms with Gasteiger partial charge in [0.1, 0.15) is 11.7 Å². The number of hydrogen-bond acceptors (Lipinski definition) is 3. The Balaban J connectivity index is 2.37. The summed E-state index contributed by atoms with van der Waals surface area (Å²) in [6, 6.07) is 0. The van der Waals surface area contributed by atoms with E-state index in [9.17, 15) is 9.59 Å². The van der Waals surface area contributed by atoms with Crippen LogP contribution in [-0.2, 0) is 16.1 Å². The lowest BCUT2D eigenvalue weighted by Crippen LogP contribution is -2.36. The highest BCUT2D eigenvalue weighted by atomic mass is 16.4. The third-order valence-corrected chi connectivity index (χ3v) is 2.93. The van der Waals surface area contributed by atoms with Gasteiger partial charge < -0.3 is 14.6 Å². The second kappa shape index (κ2) is 6.18. The van der Waals surface area contributed by atoms with Crippen LogP contribution in [0.15, 0.2) is 12.4 Å². The van der Waals surface area contributed by atoms with Crippen LogP contribution in [-0.4, -0.2) is 45.0 Å². The first-order chi connectivity index (χ1) is 8.43. The zero-order valence-electron chi connectivity index (χ0n) is 11.0. The van der Waals surface area contributed by atoms with E-state index in [4.69, 9.17) is 5.11 Å². The van der Waals surface area contributed by atoms with Crippen molar-refractivity contribution in [3.05, 3.63) is 18.2 Å². The summed E-state index contributed by atoms with van der Waals surface area (Å²) in [5, 5.41) is 8.75. The normalized spacial score (nSPS) is 12.2. The van der Waals surface area contributed by atoms with Crippen LogP contribution in [0.1, 0.15) is 19.2 Å². The molecule has 0 aliphatic rings. The molecular formula is C12H19N3O3. The van der Waals surface area contributed by atoms with Gasteiger partial charge in [0.05, 0.1) is 0 Å². The summed E-state index contributed by atoms with van der Waals surface area (Å²) >= 11 is 0. The lowest BCUT2D eigenvalue weighted by molar-refractivity contribution is -0.149. The molecule has 1 atom stereocenters. The summed E-state index contributed by atoms with van der Waals surface area (Å²) in [7, 11) is 1.63. The molecule has 0 aromatic carbocycles. The second-order valence-corrected chi connectivity index (χ2v) is 4.34. The number of rotatable bonds is 6. The number of carboxylic acids is 1. The molecule has 0 saturated heterocycles. The highest BCUT2D eigenvalue weighted by Gasteiger charge is 2.23. The Labute approximate surface area is 106 Å². The number of carbonyl (C=O) groups is 2. The first-order valence-electron chi connectivity index (χ1n) is 5.89. The largest absolute Gasteiger partial charge is 0.481 e. The lowest BCUT2D eigenvalue weighted by atomic mass is 10.1. The number of nitrogens with zero attached hydrogens (tertiary/aromatic N) is 3. The molecule has 0 spiro atoms. The number of carboxylic acid groups (broad SMARTS) is 1. The van der Waals surface area contributed by atoms with Crippen LogP contribution < -0.4 is 0 Å². The number of imidazole rings is 1. The van der Waals surface area contributed by atoms with Crippen LogP contribution in [0, 0.1) is 12.8 Å². The Morgan fingerprint density at radius 3 is 2.72 bits per heavy atom. The molecule has 0 aliphatic carbocycles. The molecule has 0 bridgehead atoms. The summed E-state index contributed by atoms with van der Waals surface area (Å²) in [5.74, 6) is -1.49. The van der Waals surface area contributed by atoms with Crippen molar-refractivity contribution in [1.29, 1.82) is 0 Å². The van der Waals surface area contributed by atoms with E-state index in [1.54, 1.807) is 13.2 Å². The smallest absolute Gasteiger partial charge is 0.315 e. The quantitative estimate of drug-likeness (QED) is 0.759. The Kier molecular flexibility index (Phi) is 4.88. The highest BCUT2D eigenvalue weighted by Crippen LogP contribution is 2.03. The first-order valence-corrected chi connectivity index (χ1v) is 5.89. The zero-order chi connectivity index (χ0) is 13.7. The SMILES string of the molecule is Cc1nccn1CCCN(C)C(=O)C(C)C(=O)O. The number of aliphatic carboxylic acids is 1. The summed E-state index contributed by atoms with van der Waals surface area (Å²) in [4.78, 5) is 27.9. The van der Waals surface area contributed by atoms with E-state index in [0.717, 1.165) is 18.8 Å². The minimum absolute atomic E-state index is 0.357. The van der Waals surface area contributed by atoms with Crippen LogP contribution >= 0.6 is 0 Å². The van der Waals surface area contributed by atoms with E-state index < -0.39 is 11.9 Å². The van der Waals surface area contributed by atoms with E-state index in [1.165, 1.54) is 11.8 Å². The van der Waals surface area contributed by atoms with E-state index >= 15 is 0 Å². The van der Waals surface area contributed by atoms with Crippen LogP contribution in [0.5, 0.6) is 0 Å². The van der Waals surface area contributed by atoms with Gasteiger partial charge in [-0.2, -0.15) is 0 Å². The fourth-order valence-corrected chi connectivity index (χ4v) is 1.66. The predicted molar refractivity (Wildman–Crippen MR) is 66.0 cm³/mol. The molecule has 0 fully saturated rings. The highest BCUT2D eigenvalue weighted by molar-refractivity contribution is 5.96. The van der Waals surface area contributed by atoms with Crippen molar-refractivity contribution >= 4 is 11.9 Å². The number of hydrogen-bond donors (Lipinski definition) is 1. The number of amides is 1. The molecule has 1 rings (SSSR count). The van der Waals surface area contributed by atoms with Crippen molar-refractivity contribution in [1.82, 2.24) is 14.5 Å². The molecule has 6 heteroatoms. The van der Waals surface area contributed by atoms with Gasteiger partial charge in [-0.1, -0.05) is 0 Å². The van der Waals surface area contributed by atoms with Crippen molar-refractivity contribution in [2.75, 3.05) is 13.6 Å². The molecule has 1 unspecified atom stereocenters. The van der Waals surface area contributed by atoms with Gasteiger partial charge in [0.25, 0.3) is 0 Å². The van der Waals surface area contributed by atoms with Gasteiger partial charge in [-0.15, -0.1) is 0 Å². The number of carbonyl (C=O) groups excluding carboxylic acids is 1. The van der Waals surface area contributed by atoms with E-state index in [2.05, 4.69) is 4.98 Å². The molecule has 1 heterocycles. The van der Waals surface area contributed by atoms with Gasteiger partial charge in [-0.3, -0.25) is 9.59 Å². The summed E-state index contributed by atoms with van der Waals surface area (Å²) in [6.07, 6.45) is 4.39. The second-order valence-electron chi connectivity index (χ2n) is 4.34. The maximum Gasteiger partial charge on any atom is 0.315 e. The maximum absolute atomic E-state index is 11.7. The van der Waals surface area contributed by atoms with Gasteiger partial charge in [0.15, 0.2) is 0 Å². The van der Waals surface area contributed by atoms with E-state index in [-0.39, 0.29) is 5.91 Å². The van der Waals surface area contributed by atoms with Crippen LogP contribution in [0.3, 0.4) is 0 Å². The van der Waals surface area contributed by atoms with E-state index in [1.807, 2.05) is 17.7 Å². The van der Waals surface area contributed by atoms with Crippen molar-refractivity contribution in [2.24, 2.45) is 5.92 Å². The average molecular weight is 253 g/mol. The monoisotopic (exact) mass is 253 g/mol. The molecule has 1 amide bonds. The molecule has 100 valence electrons. The topological polar surface area (TPSA) is 75.4 Å². The molecule has 18 heavy (non-hydrogen) atoms. The molecule has 0 saturated carbocycles. The van der Waals surface area contributed by atoms with Gasteiger partial charge in [0.2, 0.25) is 5.91 Å². The molecule has 1 aromatic rings. The Bertz CT molecular complexity index is 428. The lowest BCUT2D eigenvalue weighted by Gasteiger charge is -2.19. The number of aromatic nitrogens is 2. The minimum atomic E-state index is -1.09. The van der Waals surface area contributed by atoms with E-state index in [0.29, 0.717) is 6.54 Å². The Morgan fingerprint density at radius 2 is 2.22 bits per heavy atom. The predicted octanol–water partition coefficient (Wildman–Crippen LogP) is 0.761. The van der Waals surface area contributed by atoms with Gasteiger partial charge in [0, 0.05) is 32.5 Å². The third-order valence-electron chi connectivity index (χ3n) is 2.93. The first kappa shape index (κ1) is 14.2. The van der Waals surface area contributed by atoms with Crippen molar-refractivity contribution in [3.8, 4) is 0 Å². The molecular weight excluding hydrogens is 234 g/mol. The van der Waals surface area contributed by atoms with Crippen LogP contribution in [0.4, 0.5) is 0 Å². The number of aryl methyl sites for hydroxylation is 2. The standard InChI is InChI=1S/C12H19N3O3/c1-9(12(17)18)11(16)14(3)6-4-7-15-8-5-13-10(15)2/h5,8-9H,4,6-7H2,1-3H3,(H,17,18). The Hall–Kier alpha value is -1.85. The van der Waals surface area contributed by atoms with Gasteiger partial charge >= 0.3 is 5.97 Å². The fourth-order valence-electron chi connectivity index (χ4n) is 1.66. The van der Waals surface area contributed by atoms with Gasteiger partial charge in [-0.25, -0.2) is 4.98 Å². The summed E-state index contributed by atoms with van der Waals surface area (Å²) < 4.78 is 2.00. The molecule has 1 N–H and O–H groups in total. The average Bonchev–Trinajstić information content (AvgIpc) is 2.73. The third kappa shape index (κ3) is 3.58. The molecule has 0 aliphatic heterocycles. The van der Waals surface area contributed by atoms with Crippen molar-refractivity contribution in [2.45, 2.75) is 26.8 Å². The zero-order valence-corrected chi connectivity index (χ0v) is 11.0. The molecule has 0 radical (unpaired) electrons. The van der Waals surface area contributed by atoms with Gasteiger partial charge in [-0.05, 0) is 20.3 Å². The van der Waals surface area contributed by atoms with Crippen molar-refractivity contribution in [3.63, 3.8) is 0 Å². The molecule has 1 aromatic heterocycles. The van der Waals surface area contributed by atoms with Crippen LogP contribution in [0.2, 0.25) is 0 Å². The Morgan fingerprint density at radius 1 is 1.56 bits per heavy atom. The molecule has 6 nitrogen and oxygen atoms in total.